The molecule has 1 aliphatic rings. The van der Waals surface area contributed by atoms with Crippen LogP contribution in [0.2, 0.25) is 0 Å². The highest BCUT2D eigenvalue weighted by molar-refractivity contribution is 7.66. The van der Waals surface area contributed by atoms with Crippen molar-refractivity contribution < 1.29 is 75.3 Å². The Hall–Kier alpha value is -3.47. The van der Waals surface area contributed by atoms with Crippen LogP contribution in [0.25, 0.3) is 0 Å². The molecule has 1 aromatic heterocycles. The van der Waals surface area contributed by atoms with Crippen LogP contribution in [0.4, 0.5) is 4.79 Å². The second-order valence-corrected chi connectivity index (χ2v) is 16.0. The highest BCUT2D eigenvalue weighted by Gasteiger charge is 2.43. The molecule has 0 aliphatic carbocycles. The largest absolute Gasteiger partial charge is 0.490 e. The molecule has 6 unspecified atom stereocenters. The Morgan fingerprint density at radius 3 is 2.42 bits per heavy atom. The van der Waals surface area contributed by atoms with Crippen molar-refractivity contribution >= 4 is 35.5 Å². The van der Waals surface area contributed by atoms with Crippen molar-refractivity contribution in [1.29, 1.82) is 0 Å². The molecule has 6 atom stereocenters. The molecule has 1 amide bonds. The number of H-pyrrole nitrogens is 1. The third kappa shape index (κ3) is 13.7. The summed E-state index contributed by atoms with van der Waals surface area (Å²) in [5.41, 5.74) is -2.51. The van der Waals surface area contributed by atoms with Crippen LogP contribution in [0, 0.1) is 11.8 Å². The van der Waals surface area contributed by atoms with Gasteiger partial charge in [0.15, 0.2) is 0 Å². The van der Waals surface area contributed by atoms with Gasteiger partial charge in [0, 0.05) is 24.2 Å². The Bertz CT molecular complexity index is 1900. The molecule has 24 heteroatoms. The average molecular weight is 769 g/mol. The van der Waals surface area contributed by atoms with Crippen molar-refractivity contribution in [3.05, 3.63) is 62.4 Å². The van der Waals surface area contributed by atoms with E-state index < -0.39 is 83.5 Å². The molecule has 0 radical (unpaired) electrons. The molecule has 276 valence electrons. The predicted octanol–water partition coefficient (Wildman–Crippen LogP) is 1.14. The number of aliphatic hydroxyl groups is 1. The topological polar surface area (TPSA) is 309 Å². The van der Waals surface area contributed by atoms with Gasteiger partial charge < -0.3 is 44.2 Å². The minimum absolute atomic E-state index is 0.112. The summed E-state index contributed by atoms with van der Waals surface area (Å²) in [6.07, 6.45) is -4.34. The molecule has 3 rings (SSSR count). The van der Waals surface area contributed by atoms with Gasteiger partial charge in [-0.3, -0.25) is 23.7 Å². The first-order chi connectivity index (χ1) is 22.9. The van der Waals surface area contributed by atoms with E-state index >= 15 is 0 Å². The lowest BCUT2D eigenvalue weighted by Crippen LogP contribution is -2.39. The summed E-state index contributed by atoms with van der Waals surface area (Å²) in [6, 6.07) is 5.34. The number of esters is 1. The number of benzene rings is 1. The summed E-state index contributed by atoms with van der Waals surface area (Å²) in [5, 5.41) is 12.9. The number of aliphatic hydroxyl groups excluding tert-OH is 1. The molecule has 2 aromatic rings. The zero-order valence-electron chi connectivity index (χ0n) is 26.6. The van der Waals surface area contributed by atoms with Crippen LogP contribution >= 0.6 is 23.5 Å². The minimum Gasteiger partial charge on any atom is -0.444 e. The average Bonchev–Trinajstić information content (AvgIpc) is 3.28. The number of nitrogens with zero attached hydrogens (tertiary/aromatic N) is 1. The second-order valence-electron chi connectivity index (χ2n) is 11.5. The molecule has 1 aromatic carbocycles. The van der Waals surface area contributed by atoms with Gasteiger partial charge in [0.2, 0.25) is 0 Å². The maximum absolute atomic E-state index is 12.5. The molecule has 1 aliphatic heterocycles. The van der Waals surface area contributed by atoms with Crippen molar-refractivity contribution in [1.82, 2.24) is 14.9 Å². The predicted molar refractivity (Wildman–Crippen MR) is 167 cm³/mol. The van der Waals surface area contributed by atoms with Gasteiger partial charge in [0.05, 0.1) is 19.1 Å². The van der Waals surface area contributed by atoms with Crippen LogP contribution in [0.5, 0.6) is 5.75 Å². The fourth-order valence-corrected chi connectivity index (χ4v) is 7.08. The number of rotatable bonds is 12. The zero-order chi connectivity index (χ0) is 37.7. The molecule has 50 heavy (non-hydrogen) atoms. The maximum atomic E-state index is 12.5. The number of ether oxygens (including phenoxy) is 3. The summed E-state index contributed by atoms with van der Waals surface area (Å²) in [4.78, 5) is 87.5. The van der Waals surface area contributed by atoms with E-state index in [9.17, 15) is 47.8 Å². The van der Waals surface area contributed by atoms with Crippen molar-refractivity contribution in [3.63, 3.8) is 0 Å². The molecule has 0 bridgehead atoms. The van der Waals surface area contributed by atoms with E-state index in [2.05, 4.69) is 30.3 Å². The van der Waals surface area contributed by atoms with E-state index in [0.717, 1.165) is 10.8 Å². The van der Waals surface area contributed by atoms with Gasteiger partial charge in [-0.25, -0.2) is 23.3 Å². The molecule has 1 saturated heterocycles. The first-order valence-corrected chi connectivity index (χ1v) is 18.7. The second kappa shape index (κ2) is 16.3. The molecule has 0 spiro atoms. The number of carbonyl (C=O) groups is 2. The minimum atomic E-state index is -5.78. The van der Waals surface area contributed by atoms with Gasteiger partial charge in [-0.2, -0.15) is 8.62 Å². The quantitative estimate of drug-likeness (QED) is 0.0689. The van der Waals surface area contributed by atoms with Crippen LogP contribution in [-0.4, -0.2) is 76.8 Å². The number of carbonyl (C=O) groups excluding carboxylic acids is 2. The first kappa shape index (κ1) is 41.0. The van der Waals surface area contributed by atoms with Gasteiger partial charge in [0.1, 0.15) is 29.2 Å². The number of aromatic nitrogens is 2. The maximum Gasteiger partial charge on any atom is 0.490 e. The van der Waals surface area contributed by atoms with Crippen LogP contribution in [0.15, 0.2) is 40.1 Å². The normalized spacial score (nSPS) is 20.8. The molecular formula is C26H34N3O18P3. The number of phosphoric acid groups is 3. The van der Waals surface area contributed by atoms with E-state index in [1.165, 1.54) is 18.2 Å². The Morgan fingerprint density at radius 1 is 1.10 bits per heavy atom. The number of hydrogen-bond donors (Lipinski definition) is 7. The van der Waals surface area contributed by atoms with Gasteiger partial charge in [0.25, 0.3) is 5.56 Å². The lowest BCUT2D eigenvalue weighted by molar-refractivity contribution is -0.134. The SMILES string of the molecule is CC(CC(=O)Oc1cccc(C#Cc2cn(C3CC(O)C(COP(=O)(O)OP(=O)(O)OP(=O)(O)O)O3)c(=O)[nH]c2=O)c1)NC(=O)OC(C)(C)C. The van der Waals surface area contributed by atoms with Gasteiger partial charge >= 0.3 is 41.2 Å². The van der Waals surface area contributed by atoms with E-state index in [0.29, 0.717) is 5.56 Å². The van der Waals surface area contributed by atoms with Crippen molar-refractivity contribution in [2.75, 3.05) is 6.61 Å². The smallest absolute Gasteiger partial charge is 0.444 e. The van der Waals surface area contributed by atoms with Crippen molar-refractivity contribution in [3.8, 4) is 17.6 Å². The summed E-state index contributed by atoms with van der Waals surface area (Å²) in [7, 11) is -16.9. The van der Waals surface area contributed by atoms with Gasteiger partial charge in [-0.15, -0.1) is 0 Å². The summed E-state index contributed by atoms with van der Waals surface area (Å²) < 4.78 is 62.8. The Balaban J connectivity index is 1.66. The van der Waals surface area contributed by atoms with E-state index in [-0.39, 0.29) is 24.2 Å². The molecule has 7 N–H and O–H groups in total. The molecule has 1 fully saturated rings. The summed E-state index contributed by atoms with van der Waals surface area (Å²) in [5.74, 6) is 4.72. The van der Waals surface area contributed by atoms with Crippen molar-refractivity contribution in [2.24, 2.45) is 0 Å². The third-order valence-corrected chi connectivity index (χ3v) is 9.75. The van der Waals surface area contributed by atoms with E-state index in [4.69, 9.17) is 24.0 Å². The summed E-state index contributed by atoms with van der Waals surface area (Å²) in [6.45, 7) is 5.69. The lowest BCUT2D eigenvalue weighted by atomic mass is 10.2. The fourth-order valence-electron chi connectivity index (χ4n) is 4.05. The first-order valence-electron chi connectivity index (χ1n) is 14.2. The monoisotopic (exact) mass is 769 g/mol. The van der Waals surface area contributed by atoms with Crippen LogP contribution < -0.4 is 21.3 Å². The number of alkyl carbamates (subject to hydrolysis) is 1. The van der Waals surface area contributed by atoms with Crippen LogP contribution in [-0.2, 0) is 41.1 Å². The number of aromatic amines is 1. The highest BCUT2D eigenvalue weighted by Crippen LogP contribution is 2.66. The third-order valence-electron chi connectivity index (χ3n) is 5.94. The molecular weight excluding hydrogens is 735 g/mol. The highest BCUT2D eigenvalue weighted by atomic mass is 31.3. The molecule has 0 saturated carbocycles. The number of nitrogens with one attached hydrogen (secondary N) is 2. The number of amides is 1. The zero-order valence-corrected chi connectivity index (χ0v) is 29.3. The Morgan fingerprint density at radius 2 is 1.78 bits per heavy atom. The Labute approximate surface area is 282 Å². The van der Waals surface area contributed by atoms with Gasteiger partial charge in [-0.05, 0) is 45.9 Å². The fraction of sp³-hybridized carbons (Fsp3) is 0.462. The van der Waals surface area contributed by atoms with Gasteiger partial charge in [-0.1, -0.05) is 17.9 Å². The van der Waals surface area contributed by atoms with Crippen molar-refractivity contribution in [2.45, 2.75) is 70.6 Å². The number of phosphoric ester groups is 1. The van der Waals surface area contributed by atoms with E-state index in [1.807, 2.05) is 4.98 Å². The number of hydrogen-bond acceptors (Lipinski definition) is 14. The lowest BCUT2D eigenvalue weighted by Gasteiger charge is -2.21. The Kier molecular flexibility index (Phi) is 13.3. The van der Waals surface area contributed by atoms with Crippen LogP contribution in [0.3, 0.4) is 0 Å². The standard InChI is InChI=1S/C26H34N3O18P3/c1-15(27-25(34)45-26(2,3)4)10-22(31)43-18-7-5-6-16(11-18)8-9-17-13-29(24(33)28-23(17)32)21-12-19(30)20(44-21)14-42-49(38,39)47-50(40,41)46-48(35,36)37/h5-7,11,13,15,19-21,30H,10,12,14H2,1-4H3,(H,27,34)(H,38,39)(H,40,41)(H,28,32,33)(H2,35,36,37). The summed E-state index contributed by atoms with van der Waals surface area (Å²) >= 11 is 0. The van der Waals surface area contributed by atoms with Crippen LogP contribution in [0.1, 0.15) is 57.9 Å². The molecule has 21 nitrogen and oxygen atoms in total. The molecule has 2 heterocycles. The van der Waals surface area contributed by atoms with E-state index in [1.54, 1.807) is 33.8 Å².